The quantitative estimate of drug-likeness (QED) is 0.284. The smallest absolute Gasteiger partial charge is 0.336 e. The van der Waals surface area contributed by atoms with E-state index in [1.807, 2.05) is 0 Å². The molecule has 0 aliphatic carbocycles. The molecule has 0 bridgehead atoms. The first kappa shape index (κ1) is 12.6. The van der Waals surface area contributed by atoms with Crippen LogP contribution in [-0.2, 0) is 19.0 Å². The molecule has 0 spiro atoms. The van der Waals surface area contributed by atoms with Crippen LogP contribution in [0.3, 0.4) is 0 Å². The molecule has 0 aromatic heterocycles. The van der Waals surface area contributed by atoms with Crippen LogP contribution in [0, 0.1) is 0 Å². The Kier molecular flexibility index (Phi) is 6.28. The molecule has 0 saturated heterocycles. The number of ether oxygens (including phenoxy) is 3. The second-order valence-electron chi connectivity index (χ2n) is 2.53. The minimum atomic E-state index is -0.461. The van der Waals surface area contributed by atoms with Crippen molar-refractivity contribution < 1.29 is 19.0 Å². The summed E-state index contributed by atoms with van der Waals surface area (Å²) in [5.74, 6) is -0.390. The molecule has 0 rings (SSSR count). The first-order valence-corrected chi connectivity index (χ1v) is 4.37. The summed E-state index contributed by atoms with van der Waals surface area (Å²) in [5, 5.41) is 0. The van der Waals surface area contributed by atoms with Crippen molar-refractivity contribution in [1.82, 2.24) is 0 Å². The molecule has 0 fully saturated rings. The van der Waals surface area contributed by atoms with Crippen molar-refractivity contribution in [2.45, 2.75) is 27.1 Å². The Bertz CT molecular complexity index is 220. The molecule has 4 heteroatoms. The minimum absolute atomic E-state index is 0.350. The van der Waals surface area contributed by atoms with Gasteiger partial charge in [-0.15, -0.1) is 0 Å². The van der Waals surface area contributed by atoms with Gasteiger partial charge in [0.25, 0.3) is 0 Å². The number of hydrogen-bond donors (Lipinski definition) is 0. The van der Waals surface area contributed by atoms with E-state index in [4.69, 9.17) is 14.2 Å². The first-order chi connectivity index (χ1) is 6.61. The summed E-state index contributed by atoms with van der Waals surface area (Å²) in [4.78, 5) is 11.1. The number of esters is 1. The second kappa shape index (κ2) is 7.00. The molecule has 0 aliphatic rings. The molecule has 0 amide bonds. The average molecular weight is 200 g/mol. The van der Waals surface area contributed by atoms with E-state index >= 15 is 0 Å². The zero-order chi connectivity index (χ0) is 11.0. The van der Waals surface area contributed by atoms with Gasteiger partial charge in [0.2, 0.25) is 6.29 Å². The maximum Gasteiger partial charge on any atom is 0.336 e. The van der Waals surface area contributed by atoms with E-state index in [0.29, 0.717) is 12.2 Å². The predicted molar refractivity (Wildman–Crippen MR) is 52.2 cm³/mol. The summed E-state index contributed by atoms with van der Waals surface area (Å²) < 4.78 is 14.7. The Morgan fingerprint density at radius 2 is 2.14 bits per heavy atom. The van der Waals surface area contributed by atoms with Crippen molar-refractivity contribution in [3.05, 3.63) is 24.7 Å². The van der Waals surface area contributed by atoms with E-state index in [0.717, 1.165) is 0 Å². The Hall–Kier alpha value is -1.45. The van der Waals surface area contributed by atoms with E-state index in [-0.39, 0.29) is 0 Å². The monoisotopic (exact) mass is 200 g/mol. The van der Waals surface area contributed by atoms with Crippen LogP contribution in [0.2, 0.25) is 0 Å². The maximum atomic E-state index is 11.1. The van der Waals surface area contributed by atoms with Gasteiger partial charge in [-0.2, -0.15) is 0 Å². The molecule has 80 valence electrons. The molecular formula is C10H16O4. The third kappa shape index (κ3) is 5.24. The van der Waals surface area contributed by atoms with Crippen molar-refractivity contribution in [2.24, 2.45) is 0 Å². The normalized spacial score (nSPS) is 12.9. The Morgan fingerprint density at radius 1 is 1.50 bits per heavy atom. The van der Waals surface area contributed by atoms with Crippen molar-refractivity contribution in [1.29, 1.82) is 0 Å². The lowest BCUT2D eigenvalue weighted by Crippen LogP contribution is -2.09. The van der Waals surface area contributed by atoms with Gasteiger partial charge in [0.05, 0.1) is 24.7 Å². The highest BCUT2D eigenvalue weighted by atomic mass is 16.7. The van der Waals surface area contributed by atoms with Crippen LogP contribution >= 0.6 is 0 Å². The van der Waals surface area contributed by atoms with Gasteiger partial charge in [-0.25, -0.2) is 4.79 Å². The highest BCUT2D eigenvalue weighted by molar-refractivity contribution is 5.87. The van der Waals surface area contributed by atoms with Crippen LogP contribution in [0.4, 0.5) is 0 Å². The van der Waals surface area contributed by atoms with E-state index in [2.05, 4.69) is 6.58 Å². The van der Waals surface area contributed by atoms with Crippen LogP contribution in [-0.4, -0.2) is 18.9 Å². The first-order valence-electron chi connectivity index (χ1n) is 4.37. The van der Waals surface area contributed by atoms with Gasteiger partial charge >= 0.3 is 5.97 Å². The van der Waals surface area contributed by atoms with E-state index in [1.54, 1.807) is 20.8 Å². The molecule has 0 saturated carbocycles. The van der Waals surface area contributed by atoms with Gasteiger partial charge in [0.1, 0.15) is 0 Å². The fourth-order valence-corrected chi connectivity index (χ4v) is 0.659. The molecule has 0 radical (unpaired) electrons. The molecule has 1 atom stereocenters. The number of carbonyl (C=O) groups excluding carboxylic acids is 1. The van der Waals surface area contributed by atoms with E-state index < -0.39 is 12.3 Å². The zero-order valence-corrected chi connectivity index (χ0v) is 8.78. The van der Waals surface area contributed by atoms with Crippen molar-refractivity contribution in [3.63, 3.8) is 0 Å². The SMILES string of the molecule is C=COC(C)OC=C(C)C(=O)OCC. The van der Waals surface area contributed by atoms with Crippen molar-refractivity contribution >= 4 is 5.97 Å². The van der Waals surface area contributed by atoms with E-state index in [9.17, 15) is 4.79 Å². The number of carbonyl (C=O) groups is 1. The summed E-state index contributed by atoms with van der Waals surface area (Å²) in [5.41, 5.74) is 0.395. The fourth-order valence-electron chi connectivity index (χ4n) is 0.659. The van der Waals surface area contributed by atoms with Gasteiger partial charge in [0.15, 0.2) is 0 Å². The topological polar surface area (TPSA) is 44.8 Å². The van der Waals surface area contributed by atoms with Gasteiger partial charge in [-0.05, 0) is 13.8 Å². The van der Waals surface area contributed by atoms with Crippen LogP contribution in [0.5, 0.6) is 0 Å². The molecule has 14 heavy (non-hydrogen) atoms. The largest absolute Gasteiger partial charge is 0.463 e. The lowest BCUT2D eigenvalue weighted by atomic mass is 10.3. The van der Waals surface area contributed by atoms with Gasteiger partial charge in [-0.3, -0.25) is 0 Å². The van der Waals surface area contributed by atoms with Crippen LogP contribution < -0.4 is 0 Å². The third-order valence-electron chi connectivity index (χ3n) is 1.32. The molecule has 0 aromatic carbocycles. The molecule has 0 heterocycles. The molecule has 1 unspecified atom stereocenters. The highest BCUT2D eigenvalue weighted by Gasteiger charge is 2.05. The minimum Gasteiger partial charge on any atom is -0.463 e. The van der Waals surface area contributed by atoms with Gasteiger partial charge in [-0.1, -0.05) is 6.58 Å². The zero-order valence-electron chi connectivity index (χ0n) is 8.78. The number of hydrogen-bond acceptors (Lipinski definition) is 4. The average Bonchev–Trinajstić information content (AvgIpc) is 2.15. The maximum absolute atomic E-state index is 11.1. The van der Waals surface area contributed by atoms with E-state index in [1.165, 1.54) is 12.5 Å². The summed E-state index contributed by atoms with van der Waals surface area (Å²) in [6.45, 7) is 8.77. The van der Waals surface area contributed by atoms with Crippen LogP contribution in [0.15, 0.2) is 24.7 Å². The standard InChI is InChI=1S/C10H16O4/c1-5-12-9(4)14-7-8(3)10(11)13-6-2/h5,7,9H,1,6H2,2-4H3. The molecule has 4 nitrogen and oxygen atoms in total. The van der Waals surface area contributed by atoms with Crippen LogP contribution in [0.1, 0.15) is 20.8 Å². The third-order valence-corrected chi connectivity index (χ3v) is 1.32. The lowest BCUT2D eigenvalue weighted by Gasteiger charge is -2.10. The fraction of sp³-hybridized carbons (Fsp3) is 0.500. The Labute approximate surface area is 84.1 Å². The lowest BCUT2D eigenvalue weighted by molar-refractivity contribution is -0.138. The summed E-state index contributed by atoms with van der Waals surface area (Å²) in [6.07, 6.45) is 2.13. The van der Waals surface area contributed by atoms with Crippen molar-refractivity contribution in [2.75, 3.05) is 6.61 Å². The molecule has 0 N–H and O–H groups in total. The second-order valence-corrected chi connectivity index (χ2v) is 2.53. The predicted octanol–water partition coefficient (Wildman–Crippen LogP) is 1.98. The van der Waals surface area contributed by atoms with Crippen molar-refractivity contribution in [3.8, 4) is 0 Å². The van der Waals surface area contributed by atoms with Gasteiger partial charge < -0.3 is 14.2 Å². The Balaban J connectivity index is 3.97. The summed E-state index contributed by atoms with van der Waals surface area (Å²) in [7, 11) is 0. The summed E-state index contributed by atoms with van der Waals surface area (Å²) in [6, 6.07) is 0. The molecular weight excluding hydrogens is 184 g/mol. The van der Waals surface area contributed by atoms with Crippen LogP contribution in [0.25, 0.3) is 0 Å². The molecule has 0 aliphatic heterocycles. The Morgan fingerprint density at radius 3 is 2.64 bits per heavy atom. The summed E-state index contributed by atoms with van der Waals surface area (Å²) >= 11 is 0. The van der Waals surface area contributed by atoms with Gasteiger partial charge in [0, 0.05) is 6.92 Å². The molecule has 0 aromatic rings. The highest BCUT2D eigenvalue weighted by Crippen LogP contribution is 2.01. The number of rotatable bonds is 6.